The number of nitrogens with zero attached hydrogens (tertiary/aromatic N) is 1. The van der Waals surface area contributed by atoms with Gasteiger partial charge in [-0.1, -0.05) is 12.1 Å². The molecule has 1 heterocycles. The van der Waals surface area contributed by atoms with Crippen LogP contribution in [0.5, 0.6) is 5.75 Å². The Balaban J connectivity index is 1.97. The standard InChI is InChI=1S/C12H11N3O3S/c13-11(18)9-6-19-12(14-9)15-10(17)5-7-1-3-8(16)4-2-7/h1-4,6,16H,5H2,(H2,13,18)(H,14,15,17). The number of carbonyl (C=O) groups excluding carboxylic acids is 2. The molecule has 2 amide bonds. The molecule has 0 saturated heterocycles. The number of anilines is 1. The van der Waals surface area contributed by atoms with Gasteiger partial charge in [0.25, 0.3) is 5.91 Å². The van der Waals surface area contributed by atoms with Crippen molar-refractivity contribution in [1.29, 1.82) is 0 Å². The van der Waals surface area contributed by atoms with E-state index in [1.165, 1.54) is 17.5 Å². The first-order valence-electron chi connectivity index (χ1n) is 5.37. The zero-order chi connectivity index (χ0) is 13.8. The maximum absolute atomic E-state index is 11.7. The van der Waals surface area contributed by atoms with Crippen molar-refractivity contribution < 1.29 is 14.7 Å². The van der Waals surface area contributed by atoms with Gasteiger partial charge in [-0.15, -0.1) is 11.3 Å². The molecule has 1 aromatic carbocycles. The number of hydrogen-bond acceptors (Lipinski definition) is 5. The molecule has 0 spiro atoms. The molecule has 2 aromatic rings. The van der Waals surface area contributed by atoms with E-state index in [4.69, 9.17) is 10.8 Å². The van der Waals surface area contributed by atoms with Gasteiger partial charge in [0.1, 0.15) is 11.4 Å². The summed E-state index contributed by atoms with van der Waals surface area (Å²) >= 11 is 1.14. The topological polar surface area (TPSA) is 105 Å². The fraction of sp³-hybridized carbons (Fsp3) is 0.0833. The minimum Gasteiger partial charge on any atom is -0.508 e. The molecule has 2 rings (SSSR count). The van der Waals surface area contributed by atoms with Gasteiger partial charge >= 0.3 is 0 Å². The normalized spacial score (nSPS) is 10.1. The Morgan fingerprint density at radius 3 is 2.58 bits per heavy atom. The Morgan fingerprint density at radius 2 is 2.00 bits per heavy atom. The first kappa shape index (κ1) is 13.0. The summed E-state index contributed by atoms with van der Waals surface area (Å²) in [5, 5.41) is 13.5. The lowest BCUT2D eigenvalue weighted by Crippen LogP contribution is -2.15. The summed E-state index contributed by atoms with van der Waals surface area (Å²) in [5.41, 5.74) is 5.96. The van der Waals surface area contributed by atoms with Crippen LogP contribution in [0.2, 0.25) is 0 Å². The van der Waals surface area contributed by atoms with E-state index in [1.807, 2.05) is 0 Å². The molecule has 6 nitrogen and oxygen atoms in total. The van der Waals surface area contributed by atoms with Crippen LogP contribution in [0.1, 0.15) is 16.1 Å². The number of nitrogens with one attached hydrogen (secondary N) is 1. The second-order valence-electron chi connectivity index (χ2n) is 3.79. The van der Waals surface area contributed by atoms with Crippen LogP contribution in [0.3, 0.4) is 0 Å². The minimum atomic E-state index is -0.629. The molecule has 0 fully saturated rings. The number of hydrogen-bond donors (Lipinski definition) is 3. The van der Waals surface area contributed by atoms with E-state index in [0.717, 1.165) is 16.9 Å². The lowest BCUT2D eigenvalue weighted by atomic mass is 10.1. The van der Waals surface area contributed by atoms with Crippen molar-refractivity contribution in [3.63, 3.8) is 0 Å². The van der Waals surface area contributed by atoms with E-state index in [9.17, 15) is 9.59 Å². The number of thiazole rings is 1. The van der Waals surface area contributed by atoms with Crippen LogP contribution in [0.15, 0.2) is 29.6 Å². The minimum absolute atomic E-state index is 0.130. The number of rotatable bonds is 4. The summed E-state index contributed by atoms with van der Waals surface area (Å²) < 4.78 is 0. The van der Waals surface area contributed by atoms with Crippen molar-refractivity contribution >= 4 is 28.3 Å². The van der Waals surface area contributed by atoms with Crippen LogP contribution < -0.4 is 11.1 Å². The molecule has 7 heteroatoms. The van der Waals surface area contributed by atoms with Crippen LogP contribution in [0.4, 0.5) is 5.13 Å². The number of benzene rings is 1. The van der Waals surface area contributed by atoms with E-state index >= 15 is 0 Å². The number of aromatic nitrogens is 1. The molecule has 0 radical (unpaired) electrons. The fourth-order valence-corrected chi connectivity index (χ4v) is 2.12. The molecule has 19 heavy (non-hydrogen) atoms. The van der Waals surface area contributed by atoms with Gasteiger partial charge in [-0.2, -0.15) is 0 Å². The third kappa shape index (κ3) is 3.52. The van der Waals surface area contributed by atoms with Gasteiger partial charge in [0, 0.05) is 5.38 Å². The van der Waals surface area contributed by atoms with Crippen LogP contribution in [-0.4, -0.2) is 21.9 Å². The summed E-state index contributed by atoms with van der Waals surface area (Å²) in [6, 6.07) is 6.34. The zero-order valence-corrected chi connectivity index (χ0v) is 10.6. The molecule has 1 aromatic heterocycles. The second-order valence-corrected chi connectivity index (χ2v) is 4.65. The molecule has 4 N–H and O–H groups in total. The van der Waals surface area contributed by atoms with Crippen molar-refractivity contribution in [3.05, 3.63) is 40.9 Å². The van der Waals surface area contributed by atoms with E-state index < -0.39 is 5.91 Å². The van der Waals surface area contributed by atoms with Crippen molar-refractivity contribution in [2.24, 2.45) is 5.73 Å². The van der Waals surface area contributed by atoms with Crippen molar-refractivity contribution in [1.82, 2.24) is 4.98 Å². The Kier molecular flexibility index (Phi) is 3.76. The Labute approximate surface area is 112 Å². The second kappa shape index (κ2) is 5.49. The van der Waals surface area contributed by atoms with Crippen LogP contribution in [0, 0.1) is 0 Å². The van der Waals surface area contributed by atoms with Crippen molar-refractivity contribution in [3.8, 4) is 5.75 Å². The van der Waals surface area contributed by atoms with Gasteiger partial charge in [-0.25, -0.2) is 4.98 Å². The highest BCUT2D eigenvalue weighted by molar-refractivity contribution is 7.14. The number of carbonyl (C=O) groups is 2. The molecule has 0 atom stereocenters. The molecule has 0 saturated carbocycles. The first-order valence-corrected chi connectivity index (χ1v) is 6.25. The first-order chi connectivity index (χ1) is 9.04. The van der Waals surface area contributed by atoms with E-state index in [0.29, 0.717) is 5.13 Å². The third-order valence-electron chi connectivity index (χ3n) is 2.30. The van der Waals surface area contributed by atoms with Crippen LogP contribution in [-0.2, 0) is 11.2 Å². The highest BCUT2D eigenvalue weighted by Crippen LogP contribution is 2.16. The summed E-state index contributed by atoms with van der Waals surface area (Å²) in [4.78, 5) is 26.5. The van der Waals surface area contributed by atoms with Gasteiger partial charge in [0.05, 0.1) is 6.42 Å². The molecule has 0 bridgehead atoms. The highest BCUT2D eigenvalue weighted by atomic mass is 32.1. The predicted molar refractivity (Wildman–Crippen MR) is 71.1 cm³/mol. The van der Waals surface area contributed by atoms with Gasteiger partial charge in [0.2, 0.25) is 5.91 Å². The zero-order valence-electron chi connectivity index (χ0n) is 9.79. The molecule has 0 unspecified atom stereocenters. The molecular weight excluding hydrogens is 266 g/mol. The molecular formula is C12H11N3O3S. The van der Waals surface area contributed by atoms with E-state index in [1.54, 1.807) is 12.1 Å². The number of phenolic OH excluding ortho intramolecular Hbond substituents is 1. The number of phenols is 1. The summed E-state index contributed by atoms with van der Waals surface area (Å²) in [5.74, 6) is -0.735. The smallest absolute Gasteiger partial charge is 0.268 e. The van der Waals surface area contributed by atoms with Gasteiger partial charge in [0.15, 0.2) is 5.13 Å². The summed E-state index contributed by atoms with van der Waals surface area (Å²) in [7, 11) is 0. The summed E-state index contributed by atoms with van der Waals surface area (Å²) in [6.45, 7) is 0. The highest BCUT2D eigenvalue weighted by Gasteiger charge is 2.10. The van der Waals surface area contributed by atoms with Gasteiger partial charge in [-0.3, -0.25) is 9.59 Å². The number of nitrogens with two attached hydrogens (primary N) is 1. The SMILES string of the molecule is NC(=O)c1csc(NC(=O)Cc2ccc(O)cc2)n1. The Bertz CT molecular complexity index is 607. The van der Waals surface area contributed by atoms with E-state index in [2.05, 4.69) is 10.3 Å². The lowest BCUT2D eigenvalue weighted by molar-refractivity contribution is -0.115. The average Bonchev–Trinajstić information content (AvgIpc) is 2.80. The molecule has 98 valence electrons. The van der Waals surface area contributed by atoms with Gasteiger partial charge in [-0.05, 0) is 17.7 Å². The fourth-order valence-electron chi connectivity index (χ4n) is 1.41. The third-order valence-corrected chi connectivity index (χ3v) is 3.06. The van der Waals surface area contributed by atoms with Crippen LogP contribution >= 0.6 is 11.3 Å². The van der Waals surface area contributed by atoms with Crippen molar-refractivity contribution in [2.45, 2.75) is 6.42 Å². The monoisotopic (exact) mass is 277 g/mol. The lowest BCUT2D eigenvalue weighted by Gasteiger charge is -2.02. The summed E-state index contributed by atoms with van der Waals surface area (Å²) in [6.07, 6.45) is 0.158. The number of aromatic hydroxyl groups is 1. The molecule has 0 aliphatic heterocycles. The maximum Gasteiger partial charge on any atom is 0.268 e. The molecule has 0 aliphatic rings. The molecule has 0 aliphatic carbocycles. The Morgan fingerprint density at radius 1 is 1.32 bits per heavy atom. The predicted octanol–water partition coefficient (Wildman–Crippen LogP) is 1.13. The largest absolute Gasteiger partial charge is 0.508 e. The quantitative estimate of drug-likeness (QED) is 0.778. The average molecular weight is 277 g/mol. The number of amides is 2. The number of primary amides is 1. The van der Waals surface area contributed by atoms with Crippen LogP contribution in [0.25, 0.3) is 0 Å². The Hall–Kier alpha value is -2.41. The van der Waals surface area contributed by atoms with Gasteiger partial charge < -0.3 is 16.2 Å². The van der Waals surface area contributed by atoms with Crippen molar-refractivity contribution in [2.75, 3.05) is 5.32 Å². The maximum atomic E-state index is 11.7. The van der Waals surface area contributed by atoms with E-state index in [-0.39, 0.29) is 23.8 Å².